The van der Waals surface area contributed by atoms with Gasteiger partial charge in [0.05, 0.1) is 17.3 Å². The van der Waals surface area contributed by atoms with E-state index >= 15 is 0 Å². The molecule has 1 atom stereocenters. The highest BCUT2D eigenvalue weighted by Gasteiger charge is 2.37. The lowest BCUT2D eigenvalue weighted by Gasteiger charge is -2.24. The molecule has 2 N–H and O–H groups in total. The Morgan fingerprint density at radius 3 is 2.74 bits per heavy atom. The predicted molar refractivity (Wildman–Crippen MR) is 78.2 cm³/mol. The quantitative estimate of drug-likeness (QED) is 0.827. The lowest BCUT2D eigenvalue weighted by Crippen LogP contribution is -2.25. The summed E-state index contributed by atoms with van der Waals surface area (Å²) in [6, 6.07) is 5.92. The van der Waals surface area contributed by atoms with Crippen LogP contribution in [0.2, 0.25) is 0 Å². The van der Waals surface area contributed by atoms with Gasteiger partial charge >= 0.3 is 0 Å². The standard InChI is InChI=1S/C16H22N2O/c1-18-15-12(8-5-9-14(15)17)13(16(18)19)10-11-6-3-2-4-7-11/h5,8-9,11,13H,2-4,6-7,10,17H2,1H3. The van der Waals surface area contributed by atoms with Crippen LogP contribution in [0.15, 0.2) is 18.2 Å². The molecule has 0 spiro atoms. The van der Waals surface area contributed by atoms with Crippen molar-refractivity contribution in [3.8, 4) is 0 Å². The topological polar surface area (TPSA) is 46.3 Å². The monoisotopic (exact) mass is 258 g/mol. The van der Waals surface area contributed by atoms with Gasteiger partial charge in [-0.15, -0.1) is 0 Å². The molecule has 3 nitrogen and oxygen atoms in total. The first-order valence-corrected chi connectivity index (χ1v) is 7.34. The third-order valence-corrected chi connectivity index (χ3v) is 4.73. The summed E-state index contributed by atoms with van der Waals surface area (Å²) in [5, 5.41) is 0. The Morgan fingerprint density at radius 1 is 1.26 bits per heavy atom. The minimum Gasteiger partial charge on any atom is -0.397 e. The second kappa shape index (κ2) is 4.87. The first-order valence-electron chi connectivity index (χ1n) is 7.34. The number of anilines is 2. The van der Waals surface area contributed by atoms with Crippen LogP contribution in [-0.4, -0.2) is 13.0 Å². The molecule has 0 radical (unpaired) electrons. The molecule has 3 rings (SSSR count). The molecule has 0 saturated heterocycles. The van der Waals surface area contributed by atoms with Crippen LogP contribution in [0.1, 0.15) is 50.0 Å². The Labute approximate surface area is 114 Å². The molecule has 1 fully saturated rings. The summed E-state index contributed by atoms with van der Waals surface area (Å²) in [6.07, 6.45) is 7.57. The summed E-state index contributed by atoms with van der Waals surface area (Å²) in [5.41, 5.74) is 8.82. The van der Waals surface area contributed by atoms with Gasteiger partial charge in [-0.2, -0.15) is 0 Å². The van der Waals surface area contributed by atoms with Gasteiger partial charge in [0.15, 0.2) is 0 Å². The molecule has 1 aliphatic carbocycles. The van der Waals surface area contributed by atoms with Crippen molar-refractivity contribution in [1.29, 1.82) is 0 Å². The van der Waals surface area contributed by atoms with Gasteiger partial charge in [-0.3, -0.25) is 4.79 Å². The average molecular weight is 258 g/mol. The smallest absolute Gasteiger partial charge is 0.234 e. The molecule has 1 aromatic carbocycles. The summed E-state index contributed by atoms with van der Waals surface area (Å²) in [4.78, 5) is 14.2. The molecular weight excluding hydrogens is 236 g/mol. The first kappa shape index (κ1) is 12.5. The molecule has 1 amide bonds. The maximum atomic E-state index is 12.5. The first-order chi connectivity index (χ1) is 9.18. The summed E-state index contributed by atoms with van der Waals surface area (Å²) in [5.74, 6) is 0.966. The molecule has 2 aliphatic rings. The highest BCUT2D eigenvalue weighted by atomic mass is 16.2. The average Bonchev–Trinajstić information content (AvgIpc) is 2.66. The van der Waals surface area contributed by atoms with Crippen molar-refractivity contribution in [3.63, 3.8) is 0 Å². The summed E-state index contributed by atoms with van der Waals surface area (Å²) >= 11 is 0. The summed E-state index contributed by atoms with van der Waals surface area (Å²) < 4.78 is 0. The number of carbonyl (C=O) groups excluding carboxylic acids is 1. The number of nitrogens with zero attached hydrogens (tertiary/aromatic N) is 1. The fraction of sp³-hybridized carbons (Fsp3) is 0.562. The van der Waals surface area contributed by atoms with E-state index in [1.54, 1.807) is 4.90 Å². The predicted octanol–water partition coefficient (Wildman–Crippen LogP) is 3.30. The number of rotatable bonds is 2. The van der Waals surface area contributed by atoms with Crippen molar-refractivity contribution < 1.29 is 4.79 Å². The van der Waals surface area contributed by atoms with Gasteiger partial charge in [-0.1, -0.05) is 44.2 Å². The number of fused-ring (bicyclic) bond motifs is 1. The number of amides is 1. The van der Waals surface area contributed by atoms with Crippen LogP contribution in [0, 0.1) is 5.92 Å². The SMILES string of the molecule is CN1C(=O)C(CC2CCCCC2)c2cccc(N)c21. The largest absolute Gasteiger partial charge is 0.397 e. The zero-order valence-electron chi connectivity index (χ0n) is 11.6. The molecule has 0 bridgehead atoms. The molecule has 19 heavy (non-hydrogen) atoms. The molecule has 1 aromatic rings. The van der Waals surface area contributed by atoms with Crippen LogP contribution < -0.4 is 10.6 Å². The Kier molecular flexibility index (Phi) is 3.21. The number of likely N-dealkylation sites (N-methyl/N-ethyl adjacent to an activating group) is 1. The Balaban J connectivity index is 1.86. The van der Waals surface area contributed by atoms with E-state index in [1.807, 2.05) is 19.2 Å². The van der Waals surface area contributed by atoms with Crippen LogP contribution in [0.25, 0.3) is 0 Å². The highest BCUT2D eigenvalue weighted by molar-refractivity contribution is 6.07. The van der Waals surface area contributed by atoms with Crippen LogP contribution in [0.4, 0.5) is 11.4 Å². The van der Waals surface area contributed by atoms with Crippen molar-refractivity contribution in [2.45, 2.75) is 44.4 Å². The van der Waals surface area contributed by atoms with Crippen LogP contribution in [0.3, 0.4) is 0 Å². The lowest BCUT2D eigenvalue weighted by atomic mass is 9.81. The van der Waals surface area contributed by atoms with Crippen molar-refractivity contribution in [2.24, 2.45) is 5.92 Å². The van der Waals surface area contributed by atoms with E-state index in [2.05, 4.69) is 6.07 Å². The van der Waals surface area contributed by atoms with Gasteiger partial charge in [-0.25, -0.2) is 0 Å². The van der Waals surface area contributed by atoms with E-state index in [0.717, 1.165) is 23.4 Å². The van der Waals surface area contributed by atoms with Gasteiger partial charge < -0.3 is 10.6 Å². The summed E-state index contributed by atoms with van der Waals surface area (Å²) in [7, 11) is 1.85. The van der Waals surface area contributed by atoms with Gasteiger partial charge in [0.1, 0.15) is 0 Å². The molecule has 1 aliphatic heterocycles. The second-order valence-corrected chi connectivity index (χ2v) is 5.97. The van der Waals surface area contributed by atoms with E-state index < -0.39 is 0 Å². The number of nitrogen functional groups attached to an aromatic ring is 1. The van der Waals surface area contributed by atoms with Gasteiger partial charge in [-0.05, 0) is 24.0 Å². The van der Waals surface area contributed by atoms with Gasteiger partial charge in [0.25, 0.3) is 0 Å². The molecule has 0 aromatic heterocycles. The van der Waals surface area contributed by atoms with E-state index in [9.17, 15) is 4.79 Å². The zero-order valence-corrected chi connectivity index (χ0v) is 11.6. The number of carbonyl (C=O) groups is 1. The maximum absolute atomic E-state index is 12.5. The minimum atomic E-state index is 0.0339. The maximum Gasteiger partial charge on any atom is 0.234 e. The highest BCUT2D eigenvalue weighted by Crippen LogP contribution is 2.44. The Morgan fingerprint density at radius 2 is 2.00 bits per heavy atom. The number of nitrogens with two attached hydrogens (primary N) is 1. The molecule has 3 heteroatoms. The van der Waals surface area contributed by atoms with Crippen LogP contribution in [-0.2, 0) is 4.79 Å². The molecule has 1 saturated carbocycles. The third-order valence-electron chi connectivity index (χ3n) is 4.73. The lowest BCUT2D eigenvalue weighted by molar-refractivity contribution is -0.119. The normalized spacial score (nSPS) is 23.7. The van der Waals surface area contributed by atoms with E-state index in [0.29, 0.717) is 5.92 Å². The second-order valence-electron chi connectivity index (χ2n) is 5.97. The van der Waals surface area contributed by atoms with Gasteiger partial charge in [0, 0.05) is 7.05 Å². The number of hydrogen-bond donors (Lipinski definition) is 1. The van der Waals surface area contributed by atoms with Crippen molar-refractivity contribution >= 4 is 17.3 Å². The Bertz CT molecular complexity index is 492. The third kappa shape index (κ3) is 2.11. The molecule has 102 valence electrons. The van der Waals surface area contributed by atoms with Crippen molar-refractivity contribution in [2.75, 3.05) is 17.7 Å². The summed E-state index contributed by atoms with van der Waals surface area (Å²) in [6.45, 7) is 0. The van der Waals surface area contributed by atoms with E-state index in [-0.39, 0.29) is 11.8 Å². The van der Waals surface area contributed by atoms with Crippen LogP contribution >= 0.6 is 0 Å². The zero-order chi connectivity index (χ0) is 13.4. The Hall–Kier alpha value is -1.51. The molecular formula is C16H22N2O. The minimum absolute atomic E-state index is 0.0339. The van der Waals surface area contributed by atoms with Crippen LogP contribution in [0.5, 0.6) is 0 Å². The molecule has 1 heterocycles. The van der Waals surface area contributed by atoms with E-state index in [1.165, 1.54) is 32.1 Å². The van der Waals surface area contributed by atoms with E-state index in [4.69, 9.17) is 5.73 Å². The van der Waals surface area contributed by atoms with Crippen molar-refractivity contribution in [3.05, 3.63) is 23.8 Å². The number of hydrogen-bond acceptors (Lipinski definition) is 2. The van der Waals surface area contributed by atoms with Crippen molar-refractivity contribution in [1.82, 2.24) is 0 Å². The fourth-order valence-electron chi connectivity index (χ4n) is 3.71. The molecule has 1 unspecified atom stereocenters. The number of benzene rings is 1. The fourth-order valence-corrected chi connectivity index (χ4v) is 3.71. The number of para-hydroxylation sites is 1. The van der Waals surface area contributed by atoms with Gasteiger partial charge in [0.2, 0.25) is 5.91 Å².